The van der Waals surface area contributed by atoms with Crippen LogP contribution in [-0.2, 0) is 27.0 Å². The number of hydrogen-bond donors (Lipinski definition) is 0. The highest BCUT2D eigenvalue weighted by Crippen LogP contribution is 2.41. The predicted octanol–water partition coefficient (Wildman–Crippen LogP) is 2.81. The summed E-state index contributed by atoms with van der Waals surface area (Å²) in [6.07, 6.45) is 0. The summed E-state index contributed by atoms with van der Waals surface area (Å²) in [6, 6.07) is 12.8. The maximum Gasteiger partial charge on any atom is 0.271 e. The summed E-state index contributed by atoms with van der Waals surface area (Å²) in [4.78, 5) is 13.4. The molecule has 2 aromatic carbocycles. The van der Waals surface area contributed by atoms with Crippen LogP contribution in [0.3, 0.4) is 0 Å². The van der Waals surface area contributed by atoms with Crippen LogP contribution in [0.4, 0.5) is 0 Å². The SMILES string of the molecule is CCOc1ccc(OCCOCCOC)c2c1C(=O)N(Cc1ccccc1)S2=O. The van der Waals surface area contributed by atoms with E-state index in [1.807, 2.05) is 37.3 Å². The van der Waals surface area contributed by atoms with Crippen LogP contribution in [0, 0.1) is 0 Å². The lowest BCUT2D eigenvalue weighted by Crippen LogP contribution is -2.25. The van der Waals surface area contributed by atoms with Gasteiger partial charge < -0.3 is 18.9 Å². The molecule has 0 aromatic heterocycles. The van der Waals surface area contributed by atoms with Gasteiger partial charge in [0.05, 0.1) is 33.0 Å². The summed E-state index contributed by atoms with van der Waals surface area (Å²) in [6.45, 7) is 4.09. The molecule has 2 aromatic rings. The van der Waals surface area contributed by atoms with E-state index >= 15 is 0 Å². The van der Waals surface area contributed by atoms with E-state index in [0.29, 0.717) is 48.4 Å². The summed E-state index contributed by atoms with van der Waals surface area (Å²) in [5.41, 5.74) is 1.20. The van der Waals surface area contributed by atoms with Crippen LogP contribution in [-0.4, -0.2) is 54.6 Å². The maximum absolute atomic E-state index is 13.2. The number of nitrogens with zero attached hydrogens (tertiary/aromatic N) is 1. The quantitative estimate of drug-likeness (QED) is 0.522. The van der Waals surface area contributed by atoms with Crippen molar-refractivity contribution in [3.8, 4) is 11.5 Å². The molecule has 0 saturated carbocycles. The minimum absolute atomic E-state index is 0.242. The Balaban J connectivity index is 1.81. The molecule has 0 N–H and O–H groups in total. The van der Waals surface area contributed by atoms with Crippen LogP contribution in [0.25, 0.3) is 0 Å². The van der Waals surface area contributed by atoms with Gasteiger partial charge in [-0.1, -0.05) is 30.3 Å². The molecular formula is C21H25NO6S. The number of rotatable bonds is 11. The fourth-order valence-electron chi connectivity index (χ4n) is 2.96. The number of benzene rings is 2. The minimum Gasteiger partial charge on any atom is -0.493 e. The summed E-state index contributed by atoms with van der Waals surface area (Å²) in [7, 11) is -0.0761. The maximum atomic E-state index is 13.2. The van der Waals surface area contributed by atoms with E-state index in [1.54, 1.807) is 19.2 Å². The molecule has 0 aliphatic carbocycles. The summed E-state index contributed by atoms with van der Waals surface area (Å²) in [5.74, 6) is 0.494. The standard InChI is InChI=1S/C21H25NO6S/c1-3-27-17-9-10-18(28-14-13-26-12-11-25-2)20-19(17)21(23)22(29(20)24)15-16-7-5-4-6-8-16/h4-10H,3,11-15H2,1-2H3. The van der Waals surface area contributed by atoms with Crippen LogP contribution in [0.5, 0.6) is 11.5 Å². The van der Waals surface area contributed by atoms with Crippen molar-refractivity contribution in [3.05, 3.63) is 53.6 Å². The van der Waals surface area contributed by atoms with Gasteiger partial charge >= 0.3 is 0 Å². The monoisotopic (exact) mass is 419 g/mol. The number of ether oxygens (including phenoxy) is 4. The number of hydrogen-bond acceptors (Lipinski definition) is 6. The molecule has 1 amide bonds. The van der Waals surface area contributed by atoms with Gasteiger partial charge in [-0.3, -0.25) is 4.79 Å². The zero-order valence-electron chi connectivity index (χ0n) is 16.6. The van der Waals surface area contributed by atoms with Crippen molar-refractivity contribution in [2.45, 2.75) is 18.4 Å². The fraction of sp³-hybridized carbons (Fsp3) is 0.381. The molecule has 156 valence electrons. The fourth-order valence-corrected chi connectivity index (χ4v) is 4.35. The van der Waals surface area contributed by atoms with Crippen molar-refractivity contribution in [1.29, 1.82) is 0 Å². The Labute approximate surface area is 173 Å². The largest absolute Gasteiger partial charge is 0.493 e. The van der Waals surface area contributed by atoms with Gasteiger partial charge in [-0.2, -0.15) is 0 Å². The lowest BCUT2D eigenvalue weighted by molar-refractivity contribution is 0.0539. The number of carbonyl (C=O) groups is 1. The molecule has 0 bridgehead atoms. The summed E-state index contributed by atoms with van der Waals surface area (Å²) >= 11 is 0. The molecular weight excluding hydrogens is 394 g/mol. The van der Waals surface area contributed by atoms with Crippen LogP contribution in [0.1, 0.15) is 22.8 Å². The molecule has 1 unspecified atom stereocenters. The minimum atomic E-state index is -1.68. The molecule has 1 atom stereocenters. The highest BCUT2D eigenvalue weighted by molar-refractivity contribution is 7.84. The van der Waals surface area contributed by atoms with E-state index in [2.05, 4.69) is 0 Å². The van der Waals surface area contributed by atoms with Crippen LogP contribution in [0.2, 0.25) is 0 Å². The normalized spacial score (nSPS) is 15.4. The lowest BCUT2D eigenvalue weighted by atomic mass is 10.1. The average Bonchev–Trinajstić information content (AvgIpc) is 2.98. The van der Waals surface area contributed by atoms with Crippen molar-refractivity contribution < 1.29 is 28.0 Å². The van der Waals surface area contributed by atoms with Crippen LogP contribution in [0.15, 0.2) is 47.4 Å². The topological polar surface area (TPSA) is 74.3 Å². The Morgan fingerprint density at radius 1 is 0.931 bits per heavy atom. The smallest absolute Gasteiger partial charge is 0.271 e. The molecule has 1 aliphatic heterocycles. The Morgan fingerprint density at radius 3 is 2.38 bits per heavy atom. The second-order valence-corrected chi connectivity index (χ2v) is 7.58. The van der Waals surface area contributed by atoms with E-state index in [0.717, 1.165) is 5.56 Å². The van der Waals surface area contributed by atoms with Gasteiger partial charge in [0.25, 0.3) is 5.91 Å². The molecule has 0 spiro atoms. The van der Waals surface area contributed by atoms with E-state index < -0.39 is 11.0 Å². The Bertz CT molecular complexity index is 858. The van der Waals surface area contributed by atoms with Gasteiger partial charge in [-0.05, 0) is 24.6 Å². The third-order valence-electron chi connectivity index (χ3n) is 4.28. The van der Waals surface area contributed by atoms with E-state index in [4.69, 9.17) is 18.9 Å². The molecule has 1 aliphatic rings. The van der Waals surface area contributed by atoms with E-state index in [1.165, 1.54) is 4.31 Å². The zero-order chi connectivity index (χ0) is 20.6. The first-order valence-corrected chi connectivity index (χ1v) is 10.5. The first kappa shape index (κ1) is 21.3. The highest BCUT2D eigenvalue weighted by Gasteiger charge is 2.40. The Kier molecular flexibility index (Phi) is 7.62. The second-order valence-electron chi connectivity index (χ2n) is 6.23. The van der Waals surface area contributed by atoms with Crippen molar-refractivity contribution in [2.75, 3.05) is 40.1 Å². The second kappa shape index (κ2) is 10.4. The van der Waals surface area contributed by atoms with Gasteiger partial charge in [0.1, 0.15) is 28.6 Å². The average molecular weight is 419 g/mol. The third-order valence-corrected chi connectivity index (χ3v) is 5.73. The number of amides is 1. The highest BCUT2D eigenvalue weighted by atomic mass is 32.2. The molecule has 29 heavy (non-hydrogen) atoms. The van der Waals surface area contributed by atoms with Gasteiger partial charge in [-0.15, -0.1) is 0 Å². The third kappa shape index (κ3) is 4.95. The van der Waals surface area contributed by atoms with Gasteiger partial charge in [0, 0.05) is 7.11 Å². The van der Waals surface area contributed by atoms with Crippen molar-refractivity contribution in [3.63, 3.8) is 0 Å². The Morgan fingerprint density at radius 2 is 1.66 bits per heavy atom. The molecule has 1 heterocycles. The molecule has 0 radical (unpaired) electrons. The van der Waals surface area contributed by atoms with Gasteiger partial charge in [0.2, 0.25) is 0 Å². The van der Waals surface area contributed by atoms with Gasteiger partial charge in [-0.25, -0.2) is 8.51 Å². The van der Waals surface area contributed by atoms with E-state index in [9.17, 15) is 9.00 Å². The molecule has 0 saturated heterocycles. The molecule has 0 fully saturated rings. The number of fused-ring (bicyclic) bond motifs is 1. The number of methoxy groups -OCH3 is 1. The first-order valence-electron chi connectivity index (χ1n) is 9.44. The van der Waals surface area contributed by atoms with Gasteiger partial charge in [0.15, 0.2) is 11.0 Å². The summed E-state index contributed by atoms with van der Waals surface area (Å²) < 4.78 is 36.3. The van der Waals surface area contributed by atoms with Crippen molar-refractivity contribution >= 4 is 16.9 Å². The molecule has 7 nitrogen and oxygen atoms in total. The zero-order valence-corrected chi connectivity index (χ0v) is 17.4. The lowest BCUT2D eigenvalue weighted by Gasteiger charge is -2.14. The molecule has 8 heteroatoms. The van der Waals surface area contributed by atoms with Crippen LogP contribution >= 0.6 is 0 Å². The van der Waals surface area contributed by atoms with Crippen molar-refractivity contribution in [2.24, 2.45) is 0 Å². The van der Waals surface area contributed by atoms with E-state index in [-0.39, 0.29) is 19.1 Å². The predicted molar refractivity (Wildman–Crippen MR) is 109 cm³/mol. The van der Waals surface area contributed by atoms with Crippen LogP contribution < -0.4 is 9.47 Å². The Hall–Kier alpha value is -2.42. The summed E-state index contributed by atoms with van der Waals surface area (Å²) in [5, 5.41) is 0. The van der Waals surface area contributed by atoms with Crippen molar-refractivity contribution in [1.82, 2.24) is 4.31 Å². The first-order chi connectivity index (χ1) is 14.2. The molecule has 3 rings (SSSR count). The number of carbonyl (C=O) groups excluding carboxylic acids is 1.